The molecule has 0 saturated heterocycles. The zero-order chi connectivity index (χ0) is 22.4. The van der Waals surface area contributed by atoms with Gasteiger partial charge in [-0.3, -0.25) is 0 Å². The van der Waals surface area contributed by atoms with Gasteiger partial charge in [-0.25, -0.2) is 9.78 Å². The standard InChI is InChI=1S/C24H20N6O2S/c1-32-24(31)21-20-19(13-33-21)25-23(16-10-11-16)30(20)12-14-6-8-15(9-7-14)17-4-2-3-5-18(17)22-26-28-29-27-22/h2-9,13,16H,10-12H2,1H3,(H,26,27,28,29). The highest BCUT2D eigenvalue weighted by Gasteiger charge is 2.31. The van der Waals surface area contributed by atoms with Crippen LogP contribution in [-0.4, -0.2) is 43.3 Å². The molecule has 164 valence electrons. The van der Waals surface area contributed by atoms with Crippen LogP contribution in [0, 0.1) is 0 Å². The maximum Gasteiger partial charge on any atom is 0.350 e. The second-order valence-electron chi connectivity index (χ2n) is 8.10. The molecule has 0 radical (unpaired) electrons. The highest BCUT2D eigenvalue weighted by molar-refractivity contribution is 7.13. The van der Waals surface area contributed by atoms with Crippen LogP contribution in [0.15, 0.2) is 53.9 Å². The number of hydrogen-bond donors (Lipinski definition) is 1. The molecular weight excluding hydrogens is 436 g/mol. The third kappa shape index (κ3) is 3.50. The van der Waals surface area contributed by atoms with Gasteiger partial charge in [-0.1, -0.05) is 48.5 Å². The Bertz CT molecular complexity index is 1450. The second kappa shape index (κ2) is 7.93. The molecule has 9 heteroatoms. The van der Waals surface area contributed by atoms with E-state index in [0.29, 0.717) is 23.2 Å². The molecular formula is C24H20N6O2S. The molecule has 0 amide bonds. The number of aromatic nitrogens is 6. The first-order valence-corrected chi connectivity index (χ1v) is 11.6. The minimum absolute atomic E-state index is 0.313. The van der Waals surface area contributed by atoms with Crippen LogP contribution in [0.4, 0.5) is 0 Å². The van der Waals surface area contributed by atoms with Crippen molar-refractivity contribution in [1.29, 1.82) is 0 Å². The van der Waals surface area contributed by atoms with E-state index in [-0.39, 0.29) is 5.97 Å². The summed E-state index contributed by atoms with van der Waals surface area (Å²) >= 11 is 1.39. The molecule has 1 N–H and O–H groups in total. The topological polar surface area (TPSA) is 98.6 Å². The van der Waals surface area contributed by atoms with Gasteiger partial charge in [0.15, 0.2) is 0 Å². The van der Waals surface area contributed by atoms with Crippen molar-refractivity contribution in [2.24, 2.45) is 0 Å². The van der Waals surface area contributed by atoms with Gasteiger partial charge in [0, 0.05) is 23.4 Å². The molecule has 5 aromatic rings. The van der Waals surface area contributed by atoms with Crippen LogP contribution >= 0.6 is 11.3 Å². The number of nitrogens with zero attached hydrogens (tertiary/aromatic N) is 5. The van der Waals surface area contributed by atoms with Crippen LogP contribution in [0.1, 0.15) is 39.8 Å². The predicted octanol–water partition coefficient (Wildman–Crippen LogP) is 4.66. The Hall–Kier alpha value is -3.85. The normalized spacial score (nSPS) is 13.5. The van der Waals surface area contributed by atoms with Crippen molar-refractivity contribution in [2.45, 2.75) is 25.3 Å². The van der Waals surface area contributed by atoms with Crippen LogP contribution < -0.4 is 0 Å². The number of imidazole rings is 1. The summed E-state index contributed by atoms with van der Waals surface area (Å²) in [5.41, 5.74) is 5.92. The van der Waals surface area contributed by atoms with Crippen LogP contribution in [0.5, 0.6) is 0 Å². The van der Waals surface area contributed by atoms with Crippen molar-refractivity contribution < 1.29 is 9.53 Å². The summed E-state index contributed by atoms with van der Waals surface area (Å²) in [6, 6.07) is 16.5. The number of hydrogen-bond acceptors (Lipinski definition) is 7. The van der Waals surface area contributed by atoms with Gasteiger partial charge in [-0.15, -0.1) is 21.5 Å². The van der Waals surface area contributed by atoms with Crippen molar-refractivity contribution in [3.8, 4) is 22.5 Å². The first-order chi connectivity index (χ1) is 16.2. The third-order valence-electron chi connectivity index (χ3n) is 5.96. The van der Waals surface area contributed by atoms with E-state index < -0.39 is 0 Å². The first-order valence-electron chi connectivity index (χ1n) is 10.7. The molecule has 0 bridgehead atoms. The average molecular weight is 457 g/mol. The van der Waals surface area contributed by atoms with Gasteiger partial charge in [-0.05, 0) is 34.7 Å². The van der Waals surface area contributed by atoms with Gasteiger partial charge in [0.2, 0.25) is 5.82 Å². The average Bonchev–Trinajstić information content (AvgIpc) is 3.24. The number of rotatable bonds is 6. The van der Waals surface area contributed by atoms with E-state index in [9.17, 15) is 4.79 Å². The molecule has 0 spiro atoms. The van der Waals surface area contributed by atoms with E-state index in [1.165, 1.54) is 18.4 Å². The number of carbonyl (C=O) groups is 1. The molecule has 0 atom stereocenters. The maximum absolute atomic E-state index is 12.3. The lowest BCUT2D eigenvalue weighted by atomic mass is 9.98. The lowest BCUT2D eigenvalue weighted by Gasteiger charge is -2.11. The molecule has 0 aliphatic heterocycles. The van der Waals surface area contributed by atoms with Gasteiger partial charge >= 0.3 is 5.97 Å². The maximum atomic E-state index is 12.3. The molecule has 2 aromatic carbocycles. The Labute approximate surface area is 193 Å². The molecule has 8 nitrogen and oxygen atoms in total. The van der Waals surface area contributed by atoms with Gasteiger partial charge < -0.3 is 9.30 Å². The highest BCUT2D eigenvalue weighted by atomic mass is 32.1. The summed E-state index contributed by atoms with van der Waals surface area (Å²) in [5.74, 6) is 1.78. The number of fused-ring (bicyclic) bond motifs is 1. The Kier molecular flexibility index (Phi) is 4.76. The molecule has 1 aliphatic carbocycles. The summed E-state index contributed by atoms with van der Waals surface area (Å²) in [6.45, 7) is 0.649. The SMILES string of the molecule is COC(=O)c1scc2nc(C3CC3)n(Cc3ccc(-c4ccccc4-c4nn[nH]n4)cc3)c12. The van der Waals surface area contributed by atoms with Crippen LogP contribution in [-0.2, 0) is 11.3 Å². The molecule has 3 heterocycles. The quantitative estimate of drug-likeness (QED) is 0.373. The highest BCUT2D eigenvalue weighted by Crippen LogP contribution is 2.42. The predicted molar refractivity (Wildman–Crippen MR) is 125 cm³/mol. The van der Waals surface area contributed by atoms with Crippen molar-refractivity contribution in [1.82, 2.24) is 30.2 Å². The van der Waals surface area contributed by atoms with Crippen molar-refractivity contribution in [3.05, 3.63) is 70.2 Å². The lowest BCUT2D eigenvalue weighted by Crippen LogP contribution is -2.07. The fraction of sp³-hybridized carbons (Fsp3) is 0.208. The number of tetrazole rings is 1. The molecule has 1 aliphatic rings. The number of carbonyl (C=O) groups excluding carboxylic acids is 1. The van der Waals surface area contributed by atoms with Gasteiger partial charge in [-0.2, -0.15) is 5.21 Å². The second-order valence-corrected chi connectivity index (χ2v) is 8.98. The van der Waals surface area contributed by atoms with E-state index in [1.54, 1.807) is 0 Å². The summed E-state index contributed by atoms with van der Waals surface area (Å²) in [6.07, 6.45) is 2.28. The van der Waals surface area contributed by atoms with E-state index in [0.717, 1.165) is 52.0 Å². The largest absolute Gasteiger partial charge is 0.465 e. The Morgan fingerprint density at radius 2 is 1.94 bits per heavy atom. The summed E-state index contributed by atoms with van der Waals surface area (Å²) in [7, 11) is 1.42. The first kappa shape index (κ1) is 19.8. The summed E-state index contributed by atoms with van der Waals surface area (Å²) in [5, 5.41) is 16.4. The molecule has 6 rings (SSSR count). The number of esters is 1. The smallest absolute Gasteiger partial charge is 0.350 e. The van der Waals surface area contributed by atoms with Gasteiger partial charge in [0.1, 0.15) is 16.2 Å². The molecule has 1 saturated carbocycles. The van der Waals surface area contributed by atoms with E-state index in [1.807, 2.05) is 23.6 Å². The van der Waals surface area contributed by atoms with Crippen molar-refractivity contribution in [2.75, 3.05) is 7.11 Å². The van der Waals surface area contributed by atoms with Crippen LogP contribution in [0.2, 0.25) is 0 Å². The zero-order valence-corrected chi connectivity index (χ0v) is 18.7. The molecule has 0 unspecified atom stereocenters. The Morgan fingerprint density at radius 1 is 1.15 bits per heavy atom. The zero-order valence-electron chi connectivity index (χ0n) is 17.9. The number of H-pyrrole nitrogens is 1. The van der Waals surface area contributed by atoms with Crippen LogP contribution in [0.25, 0.3) is 33.5 Å². The summed E-state index contributed by atoms with van der Waals surface area (Å²) in [4.78, 5) is 17.8. The van der Waals surface area contributed by atoms with Gasteiger partial charge in [0.25, 0.3) is 0 Å². The van der Waals surface area contributed by atoms with Crippen molar-refractivity contribution >= 4 is 28.3 Å². The lowest BCUT2D eigenvalue weighted by molar-refractivity contribution is 0.0608. The number of methoxy groups -OCH3 is 1. The number of ether oxygens (including phenoxy) is 1. The fourth-order valence-electron chi connectivity index (χ4n) is 4.21. The molecule has 3 aromatic heterocycles. The fourth-order valence-corrected chi connectivity index (χ4v) is 5.11. The monoisotopic (exact) mass is 456 g/mol. The number of nitrogens with one attached hydrogen (secondary N) is 1. The molecule has 1 fully saturated rings. The molecule has 33 heavy (non-hydrogen) atoms. The minimum atomic E-state index is -0.313. The summed E-state index contributed by atoms with van der Waals surface area (Å²) < 4.78 is 7.21. The minimum Gasteiger partial charge on any atom is -0.465 e. The van der Waals surface area contributed by atoms with E-state index in [2.05, 4.69) is 55.5 Å². The van der Waals surface area contributed by atoms with Crippen LogP contribution in [0.3, 0.4) is 0 Å². The van der Waals surface area contributed by atoms with Crippen molar-refractivity contribution in [3.63, 3.8) is 0 Å². The van der Waals surface area contributed by atoms with E-state index >= 15 is 0 Å². The number of thiophene rings is 1. The number of aromatic amines is 1. The Balaban J connectivity index is 1.36. The van der Waals surface area contributed by atoms with E-state index in [4.69, 9.17) is 9.72 Å². The van der Waals surface area contributed by atoms with Gasteiger partial charge in [0.05, 0.1) is 12.6 Å². The number of benzene rings is 2. The Morgan fingerprint density at radius 3 is 2.64 bits per heavy atom. The third-order valence-corrected chi connectivity index (χ3v) is 6.90.